The lowest BCUT2D eigenvalue weighted by Crippen LogP contribution is -2.37. The van der Waals surface area contributed by atoms with E-state index in [9.17, 15) is 14.7 Å². The zero-order valence-electron chi connectivity index (χ0n) is 21.4. The fourth-order valence-electron chi connectivity index (χ4n) is 5.03. The van der Waals surface area contributed by atoms with Crippen LogP contribution in [-0.4, -0.2) is 23.1 Å². The van der Waals surface area contributed by atoms with Crippen molar-refractivity contribution in [3.63, 3.8) is 0 Å². The number of carbonyl (C=O) groups excluding carboxylic acids is 1. The summed E-state index contributed by atoms with van der Waals surface area (Å²) < 4.78 is 5.93. The number of hydrogen-bond donors (Lipinski definition) is 1. The SMILES string of the molecule is CCCCCCCCCCCCCCCC(OC(=O)C1CCCCC1C(=O)O)C(C)CC. The van der Waals surface area contributed by atoms with E-state index in [1.54, 1.807) is 0 Å². The van der Waals surface area contributed by atoms with Crippen LogP contribution >= 0.6 is 0 Å². The molecule has 1 aliphatic carbocycles. The number of rotatable bonds is 19. The van der Waals surface area contributed by atoms with Crippen LogP contribution < -0.4 is 0 Å². The molecule has 188 valence electrons. The van der Waals surface area contributed by atoms with E-state index in [0.29, 0.717) is 18.8 Å². The highest BCUT2D eigenvalue weighted by atomic mass is 16.5. The molecule has 0 spiro atoms. The molecule has 1 rings (SSSR count). The Bertz CT molecular complexity index is 490. The van der Waals surface area contributed by atoms with Crippen LogP contribution in [0.15, 0.2) is 0 Å². The number of esters is 1. The summed E-state index contributed by atoms with van der Waals surface area (Å²) in [4.78, 5) is 24.3. The Morgan fingerprint density at radius 1 is 0.781 bits per heavy atom. The summed E-state index contributed by atoms with van der Waals surface area (Å²) in [5.74, 6) is -1.81. The predicted molar refractivity (Wildman–Crippen MR) is 133 cm³/mol. The van der Waals surface area contributed by atoms with Crippen molar-refractivity contribution in [1.29, 1.82) is 0 Å². The van der Waals surface area contributed by atoms with E-state index in [4.69, 9.17) is 4.74 Å². The lowest BCUT2D eigenvalue weighted by Gasteiger charge is -2.30. The molecule has 1 saturated carbocycles. The van der Waals surface area contributed by atoms with Crippen LogP contribution in [0.25, 0.3) is 0 Å². The molecule has 4 atom stereocenters. The van der Waals surface area contributed by atoms with Gasteiger partial charge in [-0.05, 0) is 31.6 Å². The molecule has 0 amide bonds. The first-order chi connectivity index (χ1) is 15.5. The number of carboxylic acid groups (broad SMARTS) is 1. The molecule has 4 heteroatoms. The van der Waals surface area contributed by atoms with Crippen molar-refractivity contribution in [2.45, 2.75) is 149 Å². The van der Waals surface area contributed by atoms with Crippen molar-refractivity contribution in [3.05, 3.63) is 0 Å². The van der Waals surface area contributed by atoms with Gasteiger partial charge < -0.3 is 9.84 Å². The number of hydrogen-bond acceptors (Lipinski definition) is 3. The smallest absolute Gasteiger partial charge is 0.310 e. The molecule has 1 fully saturated rings. The van der Waals surface area contributed by atoms with Crippen molar-refractivity contribution < 1.29 is 19.4 Å². The molecular weight excluding hydrogens is 400 g/mol. The van der Waals surface area contributed by atoms with Crippen LogP contribution in [0, 0.1) is 17.8 Å². The Hall–Kier alpha value is -1.06. The number of carbonyl (C=O) groups is 2. The molecule has 4 nitrogen and oxygen atoms in total. The fourth-order valence-corrected chi connectivity index (χ4v) is 5.03. The van der Waals surface area contributed by atoms with Crippen LogP contribution in [0.1, 0.15) is 143 Å². The van der Waals surface area contributed by atoms with E-state index in [2.05, 4.69) is 20.8 Å². The first-order valence-electron chi connectivity index (χ1n) is 13.9. The van der Waals surface area contributed by atoms with E-state index in [0.717, 1.165) is 32.1 Å². The molecule has 1 N–H and O–H groups in total. The molecular formula is C28H52O4. The maximum atomic E-state index is 12.8. The summed E-state index contributed by atoms with van der Waals surface area (Å²) in [5.41, 5.74) is 0. The van der Waals surface area contributed by atoms with Gasteiger partial charge in [0.15, 0.2) is 0 Å². The second-order valence-electron chi connectivity index (χ2n) is 10.2. The summed E-state index contributed by atoms with van der Waals surface area (Å²) in [6.45, 7) is 6.55. The molecule has 0 radical (unpaired) electrons. The Kier molecular flexibility index (Phi) is 16.6. The topological polar surface area (TPSA) is 63.6 Å². The molecule has 0 aromatic heterocycles. The van der Waals surface area contributed by atoms with E-state index in [1.165, 1.54) is 77.0 Å². The highest BCUT2D eigenvalue weighted by Gasteiger charge is 2.38. The second kappa shape index (κ2) is 18.4. The van der Waals surface area contributed by atoms with E-state index in [1.807, 2.05) is 0 Å². The van der Waals surface area contributed by atoms with Gasteiger partial charge in [-0.2, -0.15) is 0 Å². The third kappa shape index (κ3) is 12.3. The molecule has 0 aromatic carbocycles. The summed E-state index contributed by atoms with van der Waals surface area (Å²) in [6.07, 6.45) is 22.2. The van der Waals surface area contributed by atoms with E-state index < -0.39 is 17.8 Å². The molecule has 0 saturated heterocycles. The third-order valence-electron chi connectivity index (χ3n) is 7.52. The highest BCUT2D eigenvalue weighted by molar-refractivity contribution is 5.81. The largest absolute Gasteiger partial charge is 0.481 e. The Balaban J connectivity index is 2.20. The average molecular weight is 453 g/mol. The monoisotopic (exact) mass is 452 g/mol. The van der Waals surface area contributed by atoms with Crippen LogP contribution in [0.3, 0.4) is 0 Å². The van der Waals surface area contributed by atoms with Crippen LogP contribution in [0.5, 0.6) is 0 Å². The minimum Gasteiger partial charge on any atom is -0.481 e. The number of aliphatic carboxylic acids is 1. The van der Waals surface area contributed by atoms with Gasteiger partial charge in [-0.25, -0.2) is 0 Å². The molecule has 32 heavy (non-hydrogen) atoms. The molecule has 0 heterocycles. The maximum Gasteiger partial charge on any atom is 0.310 e. The normalized spacial score (nSPS) is 20.6. The number of unbranched alkanes of at least 4 members (excludes halogenated alkanes) is 12. The van der Waals surface area contributed by atoms with Gasteiger partial charge in [0, 0.05) is 0 Å². The van der Waals surface area contributed by atoms with E-state index >= 15 is 0 Å². The van der Waals surface area contributed by atoms with Crippen molar-refractivity contribution in [2.75, 3.05) is 0 Å². The summed E-state index contributed by atoms with van der Waals surface area (Å²) in [6, 6.07) is 0. The van der Waals surface area contributed by atoms with E-state index in [-0.39, 0.29) is 12.1 Å². The lowest BCUT2D eigenvalue weighted by molar-refractivity contribution is -0.166. The van der Waals surface area contributed by atoms with Crippen LogP contribution in [0.4, 0.5) is 0 Å². The predicted octanol–water partition coefficient (Wildman–Crippen LogP) is 8.32. The molecule has 0 aromatic rings. The number of carboxylic acids is 1. The van der Waals surface area contributed by atoms with Crippen molar-refractivity contribution in [2.24, 2.45) is 17.8 Å². The van der Waals surface area contributed by atoms with Gasteiger partial charge in [0.25, 0.3) is 0 Å². The van der Waals surface area contributed by atoms with Crippen molar-refractivity contribution >= 4 is 11.9 Å². The molecule has 0 aliphatic heterocycles. The average Bonchev–Trinajstić information content (AvgIpc) is 2.80. The zero-order chi connectivity index (χ0) is 23.6. The first kappa shape index (κ1) is 29.0. The van der Waals surface area contributed by atoms with Gasteiger partial charge in [0.05, 0.1) is 11.8 Å². The first-order valence-corrected chi connectivity index (χ1v) is 13.9. The lowest BCUT2D eigenvalue weighted by atomic mass is 9.79. The highest BCUT2D eigenvalue weighted by Crippen LogP contribution is 2.32. The Labute approximate surface area is 198 Å². The van der Waals surface area contributed by atoms with Crippen LogP contribution in [-0.2, 0) is 14.3 Å². The van der Waals surface area contributed by atoms with Gasteiger partial charge in [-0.3, -0.25) is 9.59 Å². The Morgan fingerprint density at radius 2 is 1.25 bits per heavy atom. The third-order valence-corrected chi connectivity index (χ3v) is 7.52. The summed E-state index contributed by atoms with van der Waals surface area (Å²) in [7, 11) is 0. The standard InChI is InChI=1S/C28H52O4/c1-4-6-7-8-9-10-11-12-13-14-15-16-17-22-26(23(3)5-2)32-28(31)25-21-19-18-20-24(25)27(29)30/h23-26H,4-22H2,1-3H3,(H,29,30). The van der Waals surface area contributed by atoms with Gasteiger partial charge in [-0.1, -0.05) is 117 Å². The summed E-state index contributed by atoms with van der Waals surface area (Å²) in [5, 5.41) is 9.47. The molecule has 1 aliphatic rings. The molecule has 4 unspecified atom stereocenters. The minimum atomic E-state index is -0.844. The minimum absolute atomic E-state index is 0.0726. The van der Waals surface area contributed by atoms with Crippen molar-refractivity contribution in [1.82, 2.24) is 0 Å². The van der Waals surface area contributed by atoms with Crippen LogP contribution in [0.2, 0.25) is 0 Å². The second-order valence-corrected chi connectivity index (χ2v) is 10.2. The quantitative estimate of drug-likeness (QED) is 0.158. The zero-order valence-corrected chi connectivity index (χ0v) is 21.4. The Morgan fingerprint density at radius 3 is 1.72 bits per heavy atom. The molecule has 0 bridgehead atoms. The van der Waals surface area contributed by atoms with Crippen molar-refractivity contribution in [3.8, 4) is 0 Å². The van der Waals surface area contributed by atoms with Gasteiger partial charge in [0.1, 0.15) is 6.10 Å². The maximum absolute atomic E-state index is 12.8. The van der Waals surface area contributed by atoms with Gasteiger partial charge in [-0.15, -0.1) is 0 Å². The van der Waals surface area contributed by atoms with Gasteiger partial charge in [0.2, 0.25) is 0 Å². The summed E-state index contributed by atoms with van der Waals surface area (Å²) >= 11 is 0. The number of ether oxygens (including phenoxy) is 1. The fraction of sp³-hybridized carbons (Fsp3) is 0.929. The van der Waals surface area contributed by atoms with Gasteiger partial charge >= 0.3 is 11.9 Å².